The predicted molar refractivity (Wildman–Crippen MR) is 70.6 cm³/mol. The maximum atomic E-state index is 13.1. The van der Waals surface area contributed by atoms with Crippen molar-refractivity contribution in [3.63, 3.8) is 0 Å². The standard InChI is InChI=1S/C15H11FN2O2/c16-12-5-2-4-11(9-12)15-17-14(20-18-15)8-10-3-1-6-13(19)7-10/h1-7,9,19H,8H2. The summed E-state index contributed by atoms with van der Waals surface area (Å²) in [5, 5.41) is 13.2. The van der Waals surface area contributed by atoms with Crippen LogP contribution in [0, 0.1) is 5.82 Å². The molecule has 0 aliphatic heterocycles. The molecule has 100 valence electrons. The van der Waals surface area contributed by atoms with Crippen molar-refractivity contribution in [1.82, 2.24) is 10.1 Å². The SMILES string of the molecule is Oc1cccc(Cc2nc(-c3cccc(F)c3)no2)c1. The van der Waals surface area contributed by atoms with E-state index < -0.39 is 0 Å². The highest BCUT2D eigenvalue weighted by atomic mass is 19.1. The summed E-state index contributed by atoms with van der Waals surface area (Å²) >= 11 is 0. The van der Waals surface area contributed by atoms with Gasteiger partial charge in [0.25, 0.3) is 0 Å². The Balaban J connectivity index is 1.84. The Morgan fingerprint density at radius 3 is 2.75 bits per heavy atom. The maximum Gasteiger partial charge on any atom is 0.231 e. The predicted octanol–water partition coefficient (Wildman–Crippen LogP) is 3.17. The Kier molecular flexibility index (Phi) is 3.16. The molecule has 0 aliphatic carbocycles. The quantitative estimate of drug-likeness (QED) is 0.794. The van der Waals surface area contributed by atoms with Crippen LogP contribution in [0.4, 0.5) is 4.39 Å². The summed E-state index contributed by atoms with van der Waals surface area (Å²) in [6, 6.07) is 12.8. The summed E-state index contributed by atoms with van der Waals surface area (Å²) in [5.74, 6) is 0.601. The molecule has 5 heteroatoms. The first-order valence-electron chi connectivity index (χ1n) is 6.07. The van der Waals surface area contributed by atoms with E-state index in [-0.39, 0.29) is 11.6 Å². The summed E-state index contributed by atoms with van der Waals surface area (Å²) < 4.78 is 18.3. The van der Waals surface area contributed by atoms with Crippen LogP contribution in [0.25, 0.3) is 11.4 Å². The van der Waals surface area contributed by atoms with Crippen molar-refractivity contribution in [2.45, 2.75) is 6.42 Å². The van der Waals surface area contributed by atoms with Crippen LogP contribution in [-0.4, -0.2) is 15.2 Å². The van der Waals surface area contributed by atoms with Gasteiger partial charge in [0.2, 0.25) is 11.7 Å². The number of rotatable bonds is 3. The minimum absolute atomic E-state index is 0.187. The van der Waals surface area contributed by atoms with Crippen LogP contribution in [0.2, 0.25) is 0 Å². The molecule has 0 atom stereocenters. The van der Waals surface area contributed by atoms with Gasteiger partial charge in [-0.15, -0.1) is 0 Å². The number of hydrogen-bond acceptors (Lipinski definition) is 4. The lowest BCUT2D eigenvalue weighted by molar-refractivity contribution is 0.385. The highest BCUT2D eigenvalue weighted by molar-refractivity contribution is 5.53. The maximum absolute atomic E-state index is 13.1. The normalized spacial score (nSPS) is 10.7. The molecule has 0 spiro atoms. The van der Waals surface area contributed by atoms with Crippen molar-refractivity contribution in [3.8, 4) is 17.1 Å². The molecule has 0 unspecified atom stereocenters. The van der Waals surface area contributed by atoms with Crippen LogP contribution in [-0.2, 0) is 6.42 Å². The lowest BCUT2D eigenvalue weighted by atomic mass is 10.1. The van der Waals surface area contributed by atoms with Crippen LogP contribution in [0.15, 0.2) is 53.1 Å². The Labute approximate surface area is 114 Å². The number of benzene rings is 2. The lowest BCUT2D eigenvalue weighted by Gasteiger charge is -1.97. The van der Waals surface area contributed by atoms with Gasteiger partial charge >= 0.3 is 0 Å². The molecule has 0 amide bonds. The van der Waals surface area contributed by atoms with Gasteiger partial charge in [0.05, 0.1) is 6.42 Å². The average molecular weight is 270 g/mol. The third-order valence-electron chi connectivity index (χ3n) is 2.82. The zero-order chi connectivity index (χ0) is 13.9. The first-order valence-corrected chi connectivity index (χ1v) is 6.07. The Hall–Kier alpha value is -2.69. The fraction of sp³-hybridized carbons (Fsp3) is 0.0667. The molecule has 20 heavy (non-hydrogen) atoms. The number of phenols is 1. The fourth-order valence-electron chi connectivity index (χ4n) is 1.91. The summed E-state index contributed by atoms with van der Waals surface area (Å²) in [7, 11) is 0. The molecule has 1 heterocycles. The van der Waals surface area contributed by atoms with Gasteiger partial charge in [0, 0.05) is 5.56 Å². The molecule has 0 saturated heterocycles. The molecular weight excluding hydrogens is 259 g/mol. The zero-order valence-corrected chi connectivity index (χ0v) is 10.5. The third-order valence-corrected chi connectivity index (χ3v) is 2.82. The van der Waals surface area contributed by atoms with Crippen molar-refractivity contribution >= 4 is 0 Å². The second-order valence-corrected chi connectivity index (χ2v) is 4.37. The Bertz CT molecular complexity index is 740. The minimum atomic E-state index is -0.346. The van der Waals surface area contributed by atoms with Crippen molar-refractivity contribution in [1.29, 1.82) is 0 Å². The van der Waals surface area contributed by atoms with Crippen LogP contribution in [0.3, 0.4) is 0 Å². The number of halogens is 1. The molecule has 4 nitrogen and oxygen atoms in total. The van der Waals surface area contributed by atoms with Crippen LogP contribution < -0.4 is 0 Å². The molecule has 1 N–H and O–H groups in total. The van der Waals surface area contributed by atoms with Crippen LogP contribution in [0.1, 0.15) is 11.5 Å². The highest BCUT2D eigenvalue weighted by Crippen LogP contribution is 2.19. The molecule has 0 radical (unpaired) electrons. The van der Waals surface area contributed by atoms with Gasteiger partial charge in [-0.1, -0.05) is 29.4 Å². The van der Waals surface area contributed by atoms with Crippen molar-refractivity contribution < 1.29 is 14.0 Å². The van der Waals surface area contributed by atoms with E-state index in [0.29, 0.717) is 23.7 Å². The van der Waals surface area contributed by atoms with Gasteiger partial charge in [-0.05, 0) is 29.8 Å². The number of aromatic hydroxyl groups is 1. The van der Waals surface area contributed by atoms with E-state index in [2.05, 4.69) is 10.1 Å². The summed E-state index contributed by atoms with van der Waals surface area (Å²) in [4.78, 5) is 4.22. The molecule has 1 aromatic heterocycles. The van der Waals surface area contributed by atoms with E-state index in [4.69, 9.17) is 4.52 Å². The van der Waals surface area contributed by atoms with Gasteiger partial charge in [-0.25, -0.2) is 4.39 Å². The van der Waals surface area contributed by atoms with Crippen molar-refractivity contribution in [2.24, 2.45) is 0 Å². The molecule has 0 aliphatic rings. The smallest absolute Gasteiger partial charge is 0.231 e. The first kappa shape index (κ1) is 12.3. The second kappa shape index (κ2) is 5.13. The summed E-state index contributed by atoms with van der Waals surface area (Å²) in [5.41, 5.74) is 1.43. The van der Waals surface area contributed by atoms with Gasteiger partial charge in [-0.3, -0.25) is 0 Å². The van der Waals surface area contributed by atoms with E-state index in [1.54, 1.807) is 30.3 Å². The summed E-state index contributed by atoms with van der Waals surface area (Å²) in [6.07, 6.45) is 0.413. The molecule has 0 bridgehead atoms. The summed E-state index contributed by atoms with van der Waals surface area (Å²) in [6.45, 7) is 0. The molecule has 3 rings (SSSR count). The average Bonchev–Trinajstić information content (AvgIpc) is 2.87. The van der Waals surface area contributed by atoms with Crippen molar-refractivity contribution in [2.75, 3.05) is 0 Å². The Morgan fingerprint density at radius 2 is 1.95 bits per heavy atom. The monoisotopic (exact) mass is 270 g/mol. The fourth-order valence-corrected chi connectivity index (χ4v) is 1.91. The van der Waals surface area contributed by atoms with Gasteiger partial charge < -0.3 is 9.63 Å². The molecule has 2 aromatic carbocycles. The van der Waals surface area contributed by atoms with Gasteiger partial charge in [0.15, 0.2) is 0 Å². The van der Waals surface area contributed by atoms with Gasteiger partial charge in [0.1, 0.15) is 11.6 Å². The largest absolute Gasteiger partial charge is 0.508 e. The third kappa shape index (κ3) is 2.66. The first-order chi connectivity index (χ1) is 9.70. The highest BCUT2D eigenvalue weighted by Gasteiger charge is 2.10. The van der Waals surface area contributed by atoms with E-state index in [1.165, 1.54) is 12.1 Å². The second-order valence-electron chi connectivity index (χ2n) is 4.37. The number of nitrogens with zero attached hydrogens (tertiary/aromatic N) is 2. The van der Waals surface area contributed by atoms with E-state index in [0.717, 1.165) is 5.56 Å². The zero-order valence-electron chi connectivity index (χ0n) is 10.5. The minimum Gasteiger partial charge on any atom is -0.508 e. The van der Waals surface area contributed by atoms with Crippen LogP contribution >= 0.6 is 0 Å². The van der Waals surface area contributed by atoms with Crippen molar-refractivity contribution in [3.05, 3.63) is 65.8 Å². The lowest BCUT2D eigenvalue weighted by Crippen LogP contribution is -1.88. The molecule has 3 aromatic rings. The Morgan fingerprint density at radius 1 is 1.10 bits per heavy atom. The van der Waals surface area contributed by atoms with E-state index >= 15 is 0 Å². The van der Waals surface area contributed by atoms with E-state index in [1.807, 2.05) is 6.07 Å². The number of phenolic OH excluding ortho intramolecular Hbond substituents is 1. The topological polar surface area (TPSA) is 59.2 Å². The van der Waals surface area contributed by atoms with Gasteiger partial charge in [-0.2, -0.15) is 4.98 Å². The molecule has 0 saturated carbocycles. The van der Waals surface area contributed by atoms with Crippen LogP contribution in [0.5, 0.6) is 5.75 Å². The number of hydrogen-bond donors (Lipinski definition) is 1. The molecular formula is C15H11FN2O2. The molecule has 0 fully saturated rings. The van der Waals surface area contributed by atoms with E-state index in [9.17, 15) is 9.50 Å². The number of aromatic nitrogens is 2.